The van der Waals surface area contributed by atoms with Crippen molar-refractivity contribution in [2.45, 2.75) is 39.3 Å². The number of rotatable bonds is 3. The zero-order valence-corrected chi connectivity index (χ0v) is 7.91. The van der Waals surface area contributed by atoms with Crippen LogP contribution in [-0.2, 0) is 12.1 Å². The van der Waals surface area contributed by atoms with Gasteiger partial charge in [-0.3, -0.25) is 4.68 Å². The Morgan fingerprint density at radius 2 is 2.25 bits per heavy atom. The monoisotopic (exact) mass is 168 g/mol. The molecule has 0 aliphatic carbocycles. The Morgan fingerprint density at radius 1 is 1.58 bits per heavy atom. The third-order valence-electron chi connectivity index (χ3n) is 2.27. The zero-order valence-electron chi connectivity index (χ0n) is 7.91. The van der Waals surface area contributed by atoms with Gasteiger partial charge in [-0.05, 0) is 20.3 Å². The highest BCUT2D eigenvalue weighted by Crippen LogP contribution is 2.22. The van der Waals surface area contributed by atoms with Crippen molar-refractivity contribution >= 4 is 0 Å². The summed E-state index contributed by atoms with van der Waals surface area (Å²) in [5.41, 5.74) is 0.166. The van der Waals surface area contributed by atoms with Crippen LogP contribution in [0.3, 0.4) is 0 Å². The Labute approximate surface area is 73.0 Å². The lowest BCUT2D eigenvalue weighted by atomic mass is 9.97. The van der Waals surface area contributed by atoms with E-state index in [0.29, 0.717) is 6.42 Å². The smallest absolute Gasteiger partial charge is 0.0896 e. The summed E-state index contributed by atoms with van der Waals surface area (Å²) in [6.45, 7) is 6.64. The number of aromatic nitrogens is 2. The second-order valence-corrected chi connectivity index (χ2v) is 3.21. The van der Waals surface area contributed by atoms with E-state index in [-0.39, 0.29) is 0 Å². The Morgan fingerprint density at radius 3 is 2.67 bits per heavy atom. The number of aliphatic hydroxyl groups is 1. The molecular weight excluding hydrogens is 152 g/mol. The fourth-order valence-electron chi connectivity index (χ4n) is 1.02. The molecular formula is C9H16N2O. The molecule has 0 spiro atoms. The molecule has 0 fully saturated rings. The molecule has 1 unspecified atom stereocenters. The molecule has 0 bridgehead atoms. The molecule has 0 aliphatic heterocycles. The topological polar surface area (TPSA) is 38.0 Å². The van der Waals surface area contributed by atoms with Gasteiger partial charge in [-0.15, -0.1) is 0 Å². The van der Waals surface area contributed by atoms with Crippen molar-refractivity contribution in [1.82, 2.24) is 9.78 Å². The molecule has 1 rings (SSSR count). The standard InChI is InChI=1S/C9H16N2O/c1-4-9(3,12)8-6-10-11(5-2)7-8/h6-7,12H,4-5H2,1-3H3. The quantitative estimate of drug-likeness (QED) is 0.743. The lowest BCUT2D eigenvalue weighted by Gasteiger charge is -2.18. The molecule has 3 nitrogen and oxygen atoms in total. The minimum Gasteiger partial charge on any atom is -0.385 e. The van der Waals surface area contributed by atoms with Crippen molar-refractivity contribution in [3.05, 3.63) is 18.0 Å². The molecule has 1 aromatic rings. The van der Waals surface area contributed by atoms with E-state index in [1.807, 2.05) is 31.6 Å². The van der Waals surface area contributed by atoms with Gasteiger partial charge in [0.25, 0.3) is 0 Å². The molecule has 3 heteroatoms. The molecule has 1 N–H and O–H groups in total. The Kier molecular flexibility index (Phi) is 2.52. The summed E-state index contributed by atoms with van der Waals surface area (Å²) in [4.78, 5) is 0. The van der Waals surface area contributed by atoms with E-state index in [2.05, 4.69) is 5.10 Å². The van der Waals surface area contributed by atoms with E-state index >= 15 is 0 Å². The van der Waals surface area contributed by atoms with Gasteiger partial charge in [0, 0.05) is 18.3 Å². The molecule has 0 aromatic carbocycles. The second kappa shape index (κ2) is 3.27. The van der Waals surface area contributed by atoms with Gasteiger partial charge in [-0.2, -0.15) is 5.10 Å². The van der Waals surface area contributed by atoms with Gasteiger partial charge in [-0.25, -0.2) is 0 Å². The van der Waals surface area contributed by atoms with Crippen molar-refractivity contribution < 1.29 is 5.11 Å². The summed E-state index contributed by atoms with van der Waals surface area (Å²) in [5, 5.41) is 14.0. The minimum absolute atomic E-state index is 0.711. The molecule has 0 amide bonds. The predicted octanol–water partition coefficient (Wildman–Crippen LogP) is 1.52. The largest absolute Gasteiger partial charge is 0.385 e. The van der Waals surface area contributed by atoms with Crippen LogP contribution in [0, 0.1) is 0 Å². The van der Waals surface area contributed by atoms with E-state index in [9.17, 15) is 5.11 Å². The molecule has 0 saturated heterocycles. The molecule has 1 aromatic heterocycles. The van der Waals surface area contributed by atoms with E-state index in [4.69, 9.17) is 0 Å². The van der Waals surface area contributed by atoms with Crippen molar-refractivity contribution in [3.63, 3.8) is 0 Å². The summed E-state index contributed by atoms with van der Waals surface area (Å²) in [6, 6.07) is 0. The highest BCUT2D eigenvalue weighted by molar-refractivity contribution is 5.13. The van der Waals surface area contributed by atoms with Crippen LogP contribution >= 0.6 is 0 Å². The zero-order chi connectivity index (χ0) is 9.19. The average Bonchev–Trinajstić information content (AvgIpc) is 2.52. The summed E-state index contributed by atoms with van der Waals surface area (Å²) in [7, 11) is 0. The number of aryl methyl sites for hydroxylation is 1. The summed E-state index contributed by atoms with van der Waals surface area (Å²) in [5.74, 6) is 0. The SMILES string of the molecule is CCn1cc(C(C)(O)CC)cn1. The maximum Gasteiger partial charge on any atom is 0.0896 e. The van der Waals surface area contributed by atoms with Crippen LogP contribution in [0.4, 0.5) is 0 Å². The first-order valence-corrected chi connectivity index (χ1v) is 4.35. The summed E-state index contributed by atoms with van der Waals surface area (Å²) >= 11 is 0. The highest BCUT2D eigenvalue weighted by atomic mass is 16.3. The van der Waals surface area contributed by atoms with Crippen LogP contribution < -0.4 is 0 Å². The third kappa shape index (κ3) is 1.67. The lowest BCUT2D eigenvalue weighted by molar-refractivity contribution is 0.0530. The highest BCUT2D eigenvalue weighted by Gasteiger charge is 2.21. The molecule has 1 heterocycles. The van der Waals surface area contributed by atoms with Crippen molar-refractivity contribution in [1.29, 1.82) is 0 Å². The number of hydrogen-bond donors (Lipinski definition) is 1. The Hall–Kier alpha value is -0.830. The minimum atomic E-state index is -0.729. The van der Waals surface area contributed by atoms with Crippen LogP contribution in [0.2, 0.25) is 0 Å². The van der Waals surface area contributed by atoms with E-state index in [0.717, 1.165) is 12.1 Å². The molecule has 12 heavy (non-hydrogen) atoms. The van der Waals surface area contributed by atoms with Crippen LogP contribution in [0.5, 0.6) is 0 Å². The van der Waals surface area contributed by atoms with Crippen molar-refractivity contribution in [2.75, 3.05) is 0 Å². The lowest BCUT2D eigenvalue weighted by Crippen LogP contribution is -2.18. The summed E-state index contributed by atoms with van der Waals surface area (Å²) in [6.07, 6.45) is 4.33. The van der Waals surface area contributed by atoms with Gasteiger partial charge < -0.3 is 5.11 Å². The summed E-state index contributed by atoms with van der Waals surface area (Å²) < 4.78 is 1.82. The number of nitrogens with zero attached hydrogens (tertiary/aromatic N) is 2. The fraction of sp³-hybridized carbons (Fsp3) is 0.667. The van der Waals surface area contributed by atoms with E-state index in [1.54, 1.807) is 6.20 Å². The Balaban J connectivity index is 2.88. The maximum atomic E-state index is 9.85. The van der Waals surface area contributed by atoms with Gasteiger partial charge in [0.2, 0.25) is 0 Å². The fourth-order valence-corrected chi connectivity index (χ4v) is 1.02. The van der Waals surface area contributed by atoms with E-state index in [1.165, 1.54) is 0 Å². The first kappa shape index (κ1) is 9.26. The first-order valence-electron chi connectivity index (χ1n) is 4.35. The van der Waals surface area contributed by atoms with Gasteiger partial charge in [0.1, 0.15) is 0 Å². The second-order valence-electron chi connectivity index (χ2n) is 3.21. The molecule has 1 atom stereocenters. The normalized spacial score (nSPS) is 16.0. The molecule has 68 valence electrons. The predicted molar refractivity (Wildman–Crippen MR) is 47.8 cm³/mol. The van der Waals surface area contributed by atoms with Gasteiger partial charge in [0.05, 0.1) is 11.8 Å². The van der Waals surface area contributed by atoms with Gasteiger partial charge in [0.15, 0.2) is 0 Å². The first-order chi connectivity index (χ1) is 5.60. The van der Waals surface area contributed by atoms with Gasteiger partial charge in [-0.1, -0.05) is 6.92 Å². The van der Waals surface area contributed by atoms with Crippen LogP contribution in [0.25, 0.3) is 0 Å². The molecule has 0 saturated carbocycles. The maximum absolute atomic E-state index is 9.85. The molecule has 0 aliphatic rings. The van der Waals surface area contributed by atoms with Crippen molar-refractivity contribution in [3.8, 4) is 0 Å². The van der Waals surface area contributed by atoms with Crippen LogP contribution in [0.1, 0.15) is 32.8 Å². The van der Waals surface area contributed by atoms with Crippen LogP contribution in [0.15, 0.2) is 12.4 Å². The third-order valence-corrected chi connectivity index (χ3v) is 2.27. The molecule has 0 radical (unpaired) electrons. The Bertz CT molecular complexity index is 253. The number of hydrogen-bond acceptors (Lipinski definition) is 2. The van der Waals surface area contributed by atoms with Gasteiger partial charge >= 0.3 is 0 Å². The van der Waals surface area contributed by atoms with E-state index < -0.39 is 5.60 Å². The average molecular weight is 168 g/mol. The van der Waals surface area contributed by atoms with Crippen molar-refractivity contribution in [2.24, 2.45) is 0 Å². The van der Waals surface area contributed by atoms with Crippen LogP contribution in [-0.4, -0.2) is 14.9 Å².